The van der Waals surface area contributed by atoms with Gasteiger partial charge >= 0.3 is 0 Å². The van der Waals surface area contributed by atoms with Gasteiger partial charge in [0.2, 0.25) is 5.91 Å². The fourth-order valence-electron chi connectivity index (χ4n) is 3.14. The number of halogens is 1. The summed E-state index contributed by atoms with van der Waals surface area (Å²) in [5, 5.41) is 3.68. The maximum absolute atomic E-state index is 12.4. The third kappa shape index (κ3) is 5.50. The predicted octanol–water partition coefficient (Wildman–Crippen LogP) is 4.20. The summed E-state index contributed by atoms with van der Waals surface area (Å²) in [6.45, 7) is 2.81. The normalized spacial score (nSPS) is 15.1. The van der Waals surface area contributed by atoms with Crippen molar-refractivity contribution < 1.29 is 9.53 Å². The fraction of sp³-hybridized carbons (Fsp3) is 0.318. The Bertz CT molecular complexity index is 806. The van der Waals surface area contributed by atoms with Crippen LogP contribution in [0.2, 0.25) is 5.02 Å². The van der Waals surface area contributed by atoms with E-state index in [1.54, 1.807) is 0 Å². The minimum absolute atomic E-state index is 0.0372. The molecule has 1 saturated heterocycles. The van der Waals surface area contributed by atoms with Gasteiger partial charge in [-0.05, 0) is 56.3 Å². The molecule has 0 saturated carbocycles. The van der Waals surface area contributed by atoms with Crippen molar-refractivity contribution >= 4 is 23.2 Å². The molecule has 4 nitrogen and oxygen atoms in total. The molecule has 1 N–H and O–H groups in total. The van der Waals surface area contributed by atoms with Crippen LogP contribution in [0.5, 0.6) is 5.75 Å². The van der Waals surface area contributed by atoms with Crippen LogP contribution < -0.4 is 10.1 Å². The van der Waals surface area contributed by atoms with Crippen LogP contribution in [0.15, 0.2) is 48.5 Å². The van der Waals surface area contributed by atoms with Crippen molar-refractivity contribution in [2.45, 2.75) is 19.4 Å². The molecule has 1 aliphatic heterocycles. The Hall–Kier alpha value is -2.48. The van der Waals surface area contributed by atoms with Gasteiger partial charge in [0.25, 0.3) is 0 Å². The third-order valence-electron chi connectivity index (χ3n) is 4.75. The van der Waals surface area contributed by atoms with Crippen LogP contribution in [0.4, 0.5) is 5.69 Å². The number of piperidine rings is 1. The molecule has 2 aromatic carbocycles. The molecule has 0 spiro atoms. The van der Waals surface area contributed by atoms with Gasteiger partial charge in [0.05, 0.1) is 6.54 Å². The number of likely N-dealkylation sites (tertiary alicyclic amines) is 1. The molecule has 0 atom stereocenters. The highest BCUT2D eigenvalue weighted by Gasteiger charge is 2.24. The lowest BCUT2D eigenvalue weighted by Gasteiger charge is -2.29. The van der Waals surface area contributed by atoms with E-state index in [0.29, 0.717) is 18.2 Å². The van der Waals surface area contributed by atoms with Gasteiger partial charge in [-0.2, -0.15) is 0 Å². The smallest absolute Gasteiger partial charge is 0.227 e. The number of hydrogen-bond acceptors (Lipinski definition) is 3. The molecule has 3 rings (SSSR count). The van der Waals surface area contributed by atoms with Crippen molar-refractivity contribution in [2.24, 2.45) is 5.92 Å². The number of terminal acetylenes is 1. The molecular weight excluding hydrogens is 360 g/mol. The summed E-state index contributed by atoms with van der Waals surface area (Å²) < 4.78 is 5.77. The summed E-state index contributed by atoms with van der Waals surface area (Å²) in [5.74, 6) is 3.50. The number of rotatable bonds is 6. The summed E-state index contributed by atoms with van der Waals surface area (Å²) in [6.07, 6.45) is 7.02. The van der Waals surface area contributed by atoms with Crippen LogP contribution in [0.3, 0.4) is 0 Å². The van der Waals surface area contributed by atoms with Crippen molar-refractivity contribution in [3.8, 4) is 18.1 Å². The highest BCUT2D eigenvalue weighted by atomic mass is 35.5. The lowest BCUT2D eigenvalue weighted by Crippen LogP contribution is -2.38. The van der Waals surface area contributed by atoms with Crippen LogP contribution in [0.25, 0.3) is 0 Å². The monoisotopic (exact) mass is 382 g/mol. The lowest BCUT2D eigenvalue weighted by atomic mass is 9.96. The van der Waals surface area contributed by atoms with Crippen LogP contribution >= 0.6 is 11.6 Å². The molecule has 0 unspecified atom stereocenters. The zero-order chi connectivity index (χ0) is 19.1. The molecule has 1 heterocycles. The third-order valence-corrected chi connectivity index (χ3v) is 5.12. The molecule has 0 aliphatic carbocycles. The summed E-state index contributed by atoms with van der Waals surface area (Å²) in [5.41, 5.74) is 1.71. The van der Waals surface area contributed by atoms with Crippen molar-refractivity contribution in [2.75, 3.05) is 25.0 Å². The fourth-order valence-corrected chi connectivity index (χ4v) is 3.33. The molecule has 140 valence electrons. The summed E-state index contributed by atoms with van der Waals surface area (Å²) in [7, 11) is 0. The zero-order valence-corrected chi connectivity index (χ0v) is 15.9. The van der Waals surface area contributed by atoms with Crippen molar-refractivity contribution in [3.05, 3.63) is 59.1 Å². The molecule has 27 heavy (non-hydrogen) atoms. The molecule has 1 aliphatic rings. The second-order valence-corrected chi connectivity index (χ2v) is 7.06. The summed E-state index contributed by atoms with van der Waals surface area (Å²) in [6, 6.07) is 15.0. The van der Waals surface area contributed by atoms with Crippen LogP contribution in [0.1, 0.15) is 18.4 Å². The van der Waals surface area contributed by atoms with E-state index in [-0.39, 0.29) is 11.8 Å². The average molecular weight is 383 g/mol. The Morgan fingerprint density at radius 3 is 2.56 bits per heavy atom. The Morgan fingerprint density at radius 1 is 1.19 bits per heavy atom. The van der Waals surface area contributed by atoms with E-state index in [9.17, 15) is 4.79 Å². The van der Waals surface area contributed by atoms with E-state index < -0.39 is 0 Å². The summed E-state index contributed by atoms with van der Waals surface area (Å²) >= 11 is 6.13. The molecule has 5 heteroatoms. The van der Waals surface area contributed by atoms with E-state index in [0.717, 1.165) is 42.9 Å². The lowest BCUT2D eigenvalue weighted by molar-refractivity contribution is -0.121. The number of nitrogens with one attached hydrogen (secondary N) is 1. The van der Waals surface area contributed by atoms with Crippen LogP contribution in [-0.2, 0) is 11.4 Å². The first-order valence-corrected chi connectivity index (χ1v) is 9.46. The van der Waals surface area contributed by atoms with E-state index in [1.165, 1.54) is 0 Å². The number of nitrogens with zero attached hydrogens (tertiary/aromatic N) is 1. The number of anilines is 1. The van der Waals surface area contributed by atoms with Gasteiger partial charge in [-0.3, -0.25) is 9.69 Å². The minimum Gasteiger partial charge on any atom is -0.489 e. The zero-order valence-electron chi connectivity index (χ0n) is 15.2. The van der Waals surface area contributed by atoms with E-state index in [1.807, 2.05) is 48.5 Å². The van der Waals surface area contributed by atoms with Gasteiger partial charge in [-0.1, -0.05) is 35.7 Å². The molecular formula is C22H23ClN2O2. The first-order valence-electron chi connectivity index (χ1n) is 9.08. The van der Waals surface area contributed by atoms with E-state index in [4.69, 9.17) is 22.8 Å². The SMILES string of the molecule is C#CCN1CCC(C(=O)Nc2ccc(OCc3ccccc3Cl)cc2)CC1. The Balaban J connectivity index is 1.48. The van der Waals surface area contributed by atoms with Gasteiger partial charge in [-0.15, -0.1) is 6.42 Å². The number of ether oxygens (including phenoxy) is 1. The maximum Gasteiger partial charge on any atom is 0.227 e. The molecule has 0 aromatic heterocycles. The van der Waals surface area contributed by atoms with Gasteiger partial charge in [0, 0.05) is 22.2 Å². The van der Waals surface area contributed by atoms with Crippen molar-refractivity contribution in [1.82, 2.24) is 4.90 Å². The highest BCUT2D eigenvalue weighted by Crippen LogP contribution is 2.22. The Kier molecular flexibility index (Phi) is 6.75. The van der Waals surface area contributed by atoms with Crippen molar-refractivity contribution in [3.63, 3.8) is 0 Å². The summed E-state index contributed by atoms with van der Waals surface area (Å²) in [4.78, 5) is 14.7. The number of carbonyl (C=O) groups excluding carboxylic acids is 1. The molecule has 0 bridgehead atoms. The van der Waals surface area contributed by atoms with Crippen LogP contribution in [0, 0.1) is 18.3 Å². The van der Waals surface area contributed by atoms with E-state index >= 15 is 0 Å². The molecule has 1 amide bonds. The number of benzene rings is 2. The average Bonchev–Trinajstić information content (AvgIpc) is 2.69. The highest BCUT2D eigenvalue weighted by molar-refractivity contribution is 6.31. The Morgan fingerprint density at radius 2 is 1.89 bits per heavy atom. The van der Waals surface area contributed by atoms with Gasteiger partial charge in [-0.25, -0.2) is 0 Å². The minimum atomic E-state index is 0.0372. The second-order valence-electron chi connectivity index (χ2n) is 6.65. The van der Waals surface area contributed by atoms with Crippen LogP contribution in [-0.4, -0.2) is 30.4 Å². The topological polar surface area (TPSA) is 41.6 Å². The quantitative estimate of drug-likeness (QED) is 0.761. The molecule has 0 radical (unpaired) electrons. The second kappa shape index (κ2) is 9.45. The Labute approximate surface area is 165 Å². The molecule has 2 aromatic rings. The van der Waals surface area contributed by atoms with Crippen molar-refractivity contribution in [1.29, 1.82) is 0 Å². The number of carbonyl (C=O) groups is 1. The predicted molar refractivity (Wildman–Crippen MR) is 109 cm³/mol. The number of hydrogen-bond donors (Lipinski definition) is 1. The first-order chi connectivity index (χ1) is 13.2. The first kappa shape index (κ1) is 19.3. The molecule has 1 fully saturated rings. The largest absolute Gasteiger partial charge is 0.489 e. The van der Waals surface area contributed by atoms with E-state index in [2.05, 4.69) is 16.1 Å². The number of amides is 1. The maximum atomic E-state index is 12.4. The van der Waals surface area contributed by atoms with Gasteiger partial charge < -0.3 is 10.1 Å². The standard InChI is InChI=1S/C22H23ClN2O2/c1-2-13-25-14-11-17(12-15-25)22(26)24-19-7-9-20(10-8-19)27-16-18-5-3-4-6-21(18)23/h1,3-10,17H,11-16H2,(H,24,26). The van der Waals surface area contributed by atoms with Gasteiger partial charge in [0.1, 0.15) is 12.4 Å². The van der Waals surface area contributed by atoms with Gasteiger partial charge in [0.15, 0.2) is 0 Å².